The molecule has 2 unspecified atom stereocenters. The standard InChI is InChI=1S/C20H25N3O2S/c1-14-8-10-16(11-9-14)19-21-22-20(25-19)26-13-18(24)23-12-4-6-15-5-2-3-7-17(15)23/h8-11,15,17H,2-7,12-13H2,1H3. The summed E-state index contributed by atoms with van der Waals surface area (Å²) in [4.78, 5) is 14.9. The van der Waals surface area contributed by atoms with Gasteiger partial charge in [-0.1, -0.05) is 42.3 Å². The van der Waals surface area contributed by atoms with Crippen LogP contribution in [0.15, 0.2) is 33.9 Å². The maximum atomic E-state index is 12.8. The van der Waals surface area contributed by atoms with Crippen molar-refractivity contribution in [2.45, 2.75) is 56.7 Å². The quantitative estimate of drug-likeness (QED) is 0.749. The molecule has 1 aromatic heterocycles. The Labute approximate surface area is 158 Å². The van der Waals surface area contributed by atoms with E-state index in [1.54, 1.807) is 0 Å². The van der Waals surface area contributed by atoms with Crippen LogP contribution in [-0.2, 0) is 4.79 Å². The first-order chi connectivity index (χ1) is 12.7. The van der Waals surface area contributed by atoms with Crippen LogP contribution < -0.4 is 0 Å². The van der Waals surface area contributed by atoms with E-state index in [2.05, 4.69) is 15.1 Å². The van der Waals surface area contributed by atoms with E-state index in [1.165, 1.54) is 49.4 Å². The summed E-state index contributed by atoms with van der Waals surface area (Å²) < 4.78 is 5.72. The summed E-state index contributed by atoms with van der Waals surface area (Å²) in [5.41, 5.74) is 2.10. The molecule has 1 aliphatic carbocycles. The highest BCUT2D eigenvalue weighted by Gasteiger charge is 2.35. The lowest BCUT2D eigenvalue weighted by Gasteiger charge is -2.44. The third-order valence-corrected chi connectivity index (χ3v) is 6.39. The summed E-state index contributed by atoms with van der Waals surface area (Å²) in [6.07, 6.45) is 7.44. The molecule has 138 valence electrons. The van der Waals surface area contributed by atoms with Gasteiger partial charge in [-0.15, -0.1) is 10.2 Å². The number of nitrogens with zero attached hydrogens (tertiary/aromatic N) is 3. The lowest BCUT2D eigenvalue weighted by molar-refractivity contribution is -0.134. The Morgan fingerprint density at radius 2 is 1.92 bits per heavy atom. The fourth-order valence-electron chi connectivity index (χ4n) is 4.22. The molecule has 1 aromatic carbocycles. The predicted molar refractivity (Wildman–Crippen MR) is 102 cm³/mol. The van der Waals surface area contributed by atoms with Crippen molar-refractivity contribution in [2.75, 3.05) is 12.3 Å². The van der Waals surface area contributed by atoms with Crippen molar-refractivity contribution in [3.8, 4) is 11.5 Å². The third kappa shape index (κ3) is 3.80. The van der Waals surface area contributed by atoms with E-state index in [9.17, 15) is 4.79 Å². The Bertz CT molecular complexity index is 757. The first-order valence-corrected chi connectivity index (χ1v) is 10.5. The summed E-state index contributed by atoms with van der Waals surface area (Å²) in [6.45, 7) is 2.95. The van der Waals surface area contributed by atoms with Crippen LogP contribution in [0.25, 0.3) is 11.5 Å². The fraction of sp³-hybridized carbons (Fsp3) is 0.550. The van der Waals surface area contributed by atoms with E-state index >= 15 is 0 Å². The molecule has 6 heteroatoms. The van der Waals surface area contributed by atoms with Crippen molar-refractivity contribution >= 4 is 17.7 Å². The Morgan fingerprint density at radius 1 is 1.15 bits per heavy atom. The molecule has 26 heavy (non-hydrogen) atoms. The normalized spacial score (nSPS) is 22.9. The maximum Gasteiger partial charge on any atom is 0.277 e. The third-order valence-electron chi connectivity index (χ3n) is 5.59. The Hall–Kier alpha value is -1.82. The summed E-state index contributed by atoms with van der Waals surface area (Å²) in [5, 5.41) is 8.66. The second kappa shape index (κ2) is 7.82. The van der Waals surface area contributed by atoms with Gasteiger partial charge in [-0.25, -0.2) is 0 Å². The highest BCUT2D eigenvalue weighted by atomic mass is 32.2. The van der Waals surface area contributed by atoms with Crippen LogP contribution in [0.4, 0.5) is 0 Å². The molecule has 0 bridgehead atoms. The van der Waals surface area contributed by atoms with Crippen LogP contribution in [0.2, 0.25) is 0 Å². The van der Waals surface area contributed by atoms with Crippen LogP contribution in [-0.4, -0.2) is 39.3 Å². The SMILES string of the molecule is Cc1ccc(-c2nnc(SCC(=O)N3CCCC4CCCCC43)o2)cc1. The minimum absolute atomic E-state index is 0.210. The van der Waals surface area contributed by atoms with E-state index in [0.29, 0.717) is 28.8 Å². The molecule has 2 atom stereocenters. The van der Waals surface area contributed by atoms with Gasteiger partial charge in [0.1, 0.15) is 0 Å². The molecule has 1 aliphatic heterocycles. The average molecular weight is 372 g/mol. The lowest BCUT2D eigenvalue weighted by atomic mass is 9.78. The minimum Gasteiger partial charge on any atom is -0.411 e. The Kier molecular flexibility index (Phi) is 5.29. The molecule has 1 saturated heterocycles. The predicted octanol–water partition coefficient (Wildman–Crippen LogP) is 4.32. The van der Waals surface area contributed by atoms with Gasteiger partial charge in [0.05, 0.1) is 5.75 Å². The van der Waals surface area contributed by atoms with Crippen molar-refractivity contribution in [2.24, 2.45) is 5.92 Å². The molecule has 1 saturated carbocycles. The van der Waals surface area contributed by atoms with Gasteiger partial charge in [-0.3, -0.25) is 4.79 Å². The van der Waals surface area contributed by atoms with Gasteiger partial charge in [0.15, 0.2) is 0 Å². The molecule has 2 heterocycles. The van der Waals surface area contributed by atoms with Gasteiger partial charge in [0.2, 0.25) is 11.8 Å². The van der Waals surface area contributed by atoms with Gasteiger partial charge in [-0.05, 0) is 50.7 Å². The first kappa shape index (κ1) is 17.6. The molecule has 4 rings (SSSR count). The van der Waals surface area contributed by atoms with Crippen LogP contribution in [0.5, 0.6) is 0 Å². The Morgan fingerprint density at radius 3 is 2.77 bits per heavy atom. The highest BCUT2D eigenvalue weighted by molar-refractivity contribution is 7.99. The van der Waals surface area contributed by atoms with Crippen LogP contribution in [0.3, 0.4) is 0 Å². The number of hydrogen-bond acceptors (Lipinski definition) is 5. The van der Waals surface area contributed by atoms with Crippen molar-refractivity contribution in [1.82, 2.24) is 15.1 Å². The van der Waals surface area contributed by atoms with Gasteiger partial charge in [-0.2, -0.15) is 0 Å². The van der Waals surface area contributed by atoms with Crippen LogP contribution in [0, 0.1) is 12.8 Å². The van der Waals surface area contributed by atoms with Crippen molar-refractivity contribution in [3.05, 3.63) is 29.8 Å². The fourth-order valence-corrected chi connectivity index (χ4v) is 4.87. The van der Waals surface area contributed by atoms with E-state index in [1.807, 2.05) is 31.2 Å². The molecular weight excluding hydrogens is 346 g/mol. The zero-order chi connectivity index (χ0) is 17.9. The van der Waals surface area contributed by atoms with Crippen molar-refractivity contribution < 1.29 is 9.21 Å². The molecule has 2 aliphatic rings. The smallest absolute Gasteiger partial charge is 0.277 e. The number of likely N-dealkylation sites (tertiary alicyclic amines) is 1. The number of carbonyl (C=O) groups excluding carboxylic acids is 1. The first-order valence-electron chi connectivity index (χ1n) is 9.53. The Balaban J connectivity index is 1.36. The number of piperidine rings is 1. The number of aryl methyl sites for hydroxylation is 1. The zero-order valence-corrected chi connectivity index (χ0v) is 16.0. The number of benzene rings is 1. The summed E-state index contributed by atoms with van der Waals surface area (Å²) >= 11 is 1.35. The number of fused-ring (bicyclic) bond motifs is 1. The molecule has 0 spiro atoms. The topological polar surface area (TPSA) is 59.2 Å². The van der Waals surface area contributed by atoms with Gasteiger partial charge < -0.3 is 9.32 Å². The summed E-state index contributed by atoms with van der Waals surface area (Å²) in [7, 11) is 0. The minimum atomic E-state index is 0.210. The van der Waals surface area contributed by atoms with Gasteiger partial charge in [0, 0.05) is 18.2 Å². The molecule has 5 nitrogen and oxygen atoms in total. The molecule has 0 radical (unpaired) electrons. The summed E-state index contributed by atoms with van der Waals surface area (Å²) in [5.74, 6) is 1.80. The number of amides is 1. The number of hydrogen-bond donors (Lipinski definition) is 0. The van der Waals surface area contributed by atoms with Crippen molar-refractivity contribution in [3.63, 3.8) is 0 Å². The highest BCUT2D eigenvalue weighted by Crippen LogP contribution is 2.35. The largest absolute Gasteiger partial charge is 0.411 e. The van der Waals surface area contributed by atoms with Gasteiger partial charge in [0.25, 0.3) is 5.22 Å². The maximum absolute atomic E-state index is 12.8. The summed E-state index contributed by atoms with van der Waals surface area (Å²) in [6, 6.07) is 8.44. The molecule has 2 aromatic rings. The zero-order valence-electron chi connectivity index (χ0n) is 15.2. The van der Waals surface area contributed by atoms with Crippen LogP contribution >= 0.6 is 11.8 Å². The second-order valence-electron chi connectivity index (χ2n) is 7.37. The van der Waals surface area contributed by atoms with E-state index in [4.69, 9.17) is 4.42 Å². The number of thioether (sulfide) groups is 1. The van der Waals surface area contributed by atoms with Crippen LogP contribution in [0.1, 0.15) is 44.1 Å². The second-order valence-corrected chi connectivity index (χ2v) is 8.30. The van der Waals surface area contributed by atoms with E-state index in [-0.39, 0.29) is 5.91 Å². The van der Waals surface area contributed by atoms with Crippen molar-refractivity contribution in [1.29, 1.82) is 0 Å². The molecule has 0 N–H and O–H groups in total. The van der Waals surface area contributed by atoms with Gasteiger partial charge >= 0.3 is 0 Å². The molecule has 1 amide bonds. The molecular formula is C20H25N3O2S. The average Bonchev–Trinajstić information content (AvgIpc) is 3.15. The monoisotopic (exact) mass is 371 g/mol. The lowest BCUT2D eigenvalue weighted by Crippen LogP contribution is -2.50. The number of aromatic nitrogens is 2. The van der Waals surface area contributed by atoms with E-state index < -0.39 is 0 Å². The molecule has 2 fully saturated rings. The number of rotatable bonds is 4. The van der Waals surface area contributed by atoms with E-state index in [0.717, 1.165) is 18.5 Å². The number of carbonyl (C=O) groups is 1.